The van der Waals surface area contributed by atoms with Crippen LogP contribution in [0.4, 0.5) is 0 Å². The van der Waals surface area contributed by atoms with E-state index >= 15 is 0 Å². The summed E-state index contributed by atoms with van der Waals surface area (Å²) >= 11 is 0. The van der Waals surface area contributed by atoms with Crippen molar-refractivity contribution in [3.8, 4) is 5.75 Å². The SMILES string of the molecule is CCN1CCN(C(=O)C2CCN(C(=O)c3cccc(OC)c3)CC2)CC1. The minimum Gasteiger partial charge on any atom is -0.497 e. The number of hydrogen-bond acceptors (Lipinski definition) is 4. The Morgan fingerprint density at radius 3 is 2.35 bits per heavy atom. The molecule has 2 aliphatic rings. The Bertz CT molecular complexity index is 633. The van der Waals surface area contributed by atoms with Crippen LogP contribution in [0.15, 0.2) is 24.3 Å². The van der Waals surface area contributed by atoms with Crippen molar-refractivity contribution in [3.63, 3.8) is 0 Å². The quantitative estimate of drug-likeness (QED) is 0.821. The van der Waals surface area contributed by atoms with Crippen LogP contribution < -0.4 is 4.74 Å². The minimum atomic E-state index is 0.0198. The first-order valence-corrected chi connectivity index (χ1v) is 9.57. The van der Waals surface area contributed by atoms with Crippen LogP contribution in [0, 0.1) is 5.92 Å². The first-order valence-electron chi connectivity index (χ1n) is 9.57. The summed E-state index contributed by atoms with van der Waals surface area (Å²) in [6.07, 6.45) is 1.51. The van der Waals surface area contributed by atoms with Crippen LogP contribution in [0.3, 0.4) is 0 Å². The fourth-order valence-corrected chi connectivity index (χ4v) is 3.81. The monoisotopic (exact) mass is 359 g/mol. The predicted molar refractivity (Wildman–Crippen MR) is 100 cm³/mol. The molecule has 26 heavy (non-hydrogen) atoms. The Morgan fingerprint density at radius 2 is 1.73 bits per heavy atom. The molecule has 0 N–H and O–H groups in total. The maximum absolute atomic E-state index is 12.8. The number of nitrogens with zero attached hydrogens (tertiary/aromatic N) is 3. The summed E-state index contributed by atoms with van der Waals surface area (Å²) in [5, 5.41) is 0. The second-order valence-corrected chi connectivity index (χ2v) is 7.06. The molecular weight excluding hydrogens is 330 g/mol. The van der Waals surface area contributed by atoms with Crippen LogP contribution in [0.1, 0.15) is 30.1 Å². The van der Waals surface area contributed by atoms with Gasteiger partial charge in [0.15, 0.2) is 0 Å². The van der Waals surface area contributed by atoms with Crippen molar-refractivity contribution >= 4 is 11.8 Å². The van der Waals surface area contributed by atoms with Crippen LogP contribution in [-0.2, 0) is 4.79 Å². The van der Waals surface area contributed by atoms with E-state index in [4.69, 9.17) is 4.74 Å². The lowest BCUT2D eigenvalue weighted by Crippen LogP contribution is -2.51. The normalized spacial score (nSPS) is 19.5. The molecule has 1 aromatic rings. The lowest BCUT2D eigenvalue weighted by molar-refractivity contribution is -0.138. The highest BCUT2D eigenvalue weighted by molar-refractivity contribution is 5.94. The number of hydrogen-bond donors (Lipinski definition) is 0. The number of amides is 2. The van der Waals surface area contributed by atoms with Crippen LogP contribution in [-0.4, -0.2) is 79.4 Å². The highest BCUT2D eigenvalue weighted by Crippen LogP contribution is 2.23. The lowest BCUT2D eigenvalue weighted by atomic mass is 9.94. The van der Waals surface area contributed by atoms with Crippen molar-refractivity contribution < 1.29 is 14.3 Å². The standard InChI is InChI=1S/C20H29N3O3/c1-3-21-11-13-23(14-12-21)19(24)16-7-9-22(10-8-16)20(25)17-5-4-6-18(15-17)26-2/h4-6,15-16H,3,7-14H2,1-2H3. The van der Waals surface area contributed by atoms with Gasteiger partial charge in [0.25, 0.3) is 5.91 Å². The number of likely N-dealkylation sites (tertiary alicyclic amines) is 1. The smallest absolute Gasteiger partial charge is 0.253 e. The van der Waals surface area contributed by atoms with Crippen LogP contribution in [0.25, 0.3) is 0 Å². The highest BCUT2D eigenvalue weighted by atomic mass is 16.5. The molecular formula is C20H29N3O3. The van der Waals surface area contributed by atoms with E-state index in [0.29, 0.717) is 24.4 Å². The maximum atomic E-state index is 12.8. The zero-order valence-electron chi connectivity index (χ0n) is 15.8. The predicted octanol–water partition coefficient (Wildman–Crippen LogP) is 1.71. The van der Waals surface area contributed by atoms with Gasteiger partial charge >= 0.3 is 0 Å². The van der Waals surface area contributed by atoms with Gasteiger partial charge in [-0.25, -0.2) is 0 Å². The van der Waals surface area contributed by atoms with E-state index in [2.05, 4.69) is 11.8 Å². The number of carbonyl (C=O) groups excluding carboxylic acids is 2. The Kier molecular flexibility index (Phi) is 6.14. The number of rotatable bonds is 4. The van der Waals surface area contributed by atoms with Gasteiger partial charge in [0.2, 0.25) is 5.91 Å². The number of piperazine rings is 1. The van der Waals surface area contributed by atoms with E-state index in [9.17, 15) is 9.59 Å². The Labute approximate surface area is 155 Å². The van der Waals surface area contributed by atoms with Crippen molar-refractivity contribution in [1.82, 2.24) is 14.7 Å². The average Bonchev–Trinajstić information content (AvgIpc) is 2.73. The summed E-state index contributed by atoms with van der Waals surface area (Å²) in [6, 6.07) is 7.25. The molecule has 3 rings (SSSR count). The van der Waals surface area contributed by atoms with Crippen LogP contribution in [0.2, 0.25) is 0 Å². The van der Waals surface area contributed by atoms with E-state index in [1.165, 1.54) is 0 Å². The number of benzene rings is 1. The van der Waals surface area contributed by atoms with Gasteiger partial charge in [0.1, 0.15) is 5.75 Å². The number of carbonyl (C=O) groups is 2. The largest absolute Gasteiger partial charge is 0.497 e. The lowest BCUT2D eigenvalue weighted by Gasteiger charge is -2.38. The first-order chi connectivity index (χ1) is 12.6. The molecule has 6 heteroatoms. The summed E-state index contributed by atoms with van der Waals surface area (Å²) in [5.74, 6) is 1.03. The van der Waals surface area contributed by atoms with Gasteiger partial charge in [-0.3, -0.25) is 9.59 Å². The molecule has 2 amide bonds. The molecule has 0 bridgehead atoms. The number of methoxy groups -OCH3 is 1. The molecule has 2 heterocycles. The van der Waals surface area contributed by atoms with E-state index in [1.807, 2.05) is 28.0 Å². The second-order valence-electron chi connectivity index (χ2n) is 7.06. The first kappa shape index (κ1) is 18.7. The van der Waals surface area contributed by atoms with E-state index in [1.54, 1.807) is 13.2 Å². The van der Waals surface area contributed by atoms with Gasteiger partial charge in [-0.15, -0.1) is 0 Å². The van der Waals surface area contributed by atoms with E-state index in [-0.39, 0.29) is 17.7 Å². The average molecular weight is 359 g/mol. The van der Waals surface area contributed by atoms with Crippen molar-refractivity contribution in [2.45, 2.75) is 19.8 Å². The zero-order valence-corrected chi connectivity index (χ0v) is 15.8. The molecule has 0 spiro atoms. The van der Waals surface area contributed by atoms with Crippen molar-refractivity contribution in [3.05, 3.63) is 29.8 Å². The molecule has 2 fully saturated rings. The van der Waals surface area contributed by atoms with Crippen molar-refractivity contribution in [2.24, 2.45) is 5.92 Å². The van der Waals surface area contributed by atoms with E-state index < -0.39 is 0 Å². The molecule has 0 aliphatic carbocycles. The summed E-state index contributed by atoms with van der Waals surface area (Å²) in [4.78, 5) is 31.7. The van der Waals surface area contributed by atoms with Crippen molar-refractivity contribution in [2.75, 3.05) is 52.9 Å². The van der Waals surface area contributed by atoms with Gasteiger partial charge in [-0.2, -0.15) is 0 Å². The molecule has 6 nitrogen and oxygen atoms in total. The molecule has 0 atom stereocenters. The molecule has 0 saturated carbocycles. The van der Waals surface area contributed by atoms with Gasteiger partial charge < -0.3 is 19.4 Å². The second kappa shape index (κ2) is 8.54. The number of ether oxygens (including phenoxy) is 1. The molecule has 0 unspecified atom stereocenters. The number of likely N-dealkylation sites (N-methyl/N-ethyl adjacent to an activating group) is 1. The van der Waals surface area contributed by atoms with Crippen molar-refractivity contribution in [1.29, 1.82) is 0 Å². The number of piperidine rings is 1. The van der Waals surface area contributed by atoms with Crippen LogP contribution >= 0.6 is 0 Å². The Balaban J connectivity index is 1.52. The Hall–Kier alpha value is -2.08. The topological polar surface area (TPSA) is 53.1 Å². The van der Waals surface area contributed by atoms with Gasteiger partial charge in [-0.1, -0.05) is 13.0 Å². The highest BCUT2D eigenvalue weighted by Gasteiger charge is 2.31. The zero-order chi connectivity index (χ0) is 18.5. The molecule has 2 saturated heterocycles. The molecule has 2 aliphatic heterocycles. The van der Waals surface area contributed by atoms with Crippen LogP contribution in [0.5, 0.6) is 5.75 Å². The Morgan fingerprint density at radius 1 is 1.04 bits per heavy atom. The fraction of sp³-hybridized carbons (Fsp3) is 0.600. The van der Waals surface area contributed by atoms with Gasteiger partial charge in [-0.05, 0) is 37.6 Å². The third-order valence-corrected chi connectivity index (χ3v) is 5.58. The summed E-state index contributed by atoms with van der Waals surface area (Å²) < 4.78 is 5.20. The third kappa shape index (κ3) is 4.18. The summed E-state index contributed by atoms with van der Waals surface area (Å²) in [5.41, 5.74) is 0.643. The minimum absolute atomic E-state index is 0.0198. The fourth-order valence-electron chi connectivity index (χ4n) is 3.81. The summed E-state index contributed by atoms with van der Waals surface area (Å²) in [7, 11) is 1.60. The summed E-state index contributed by atoms with van der Waals surface area (Å²) in [6.45, 7) is 8.08. The van der Waals surface area contributed by atoms with E-state index in [0.717, 1.165) is 45.6 Å². The molecule has 1 aromatic carbocycles. The third-order valence-electron chi connectivity index (χ3n) is 5.58. The van der Waals surface area contributed by atoms with Gasteiger partial charge in [0, 0.05) is 50.7 Å². The van der Waals surface area contributed by atoms with Gasteiger partial charge in [0.05, 0.1) is 7.11 Å². The molecule has 0 radical (unpaired) electrons. The maximum Gasteiger partial charge on any atom is 0.253 e. The molecule has 0 aromatic heterocycles. The molecule has 142 valence electrons.